The second-order valence-corrected chi connectivity index (χ2v) is 5.51. The first kappa shape index (κ1) is 17.0. The number of nitrogens with zero attached hydrogens (tertiary/aromatic N) is 2. The Morgan fingerprint density at radius 1 is 1.12 bits per heavy atom. The van der Waals surface area contributed by atoms with Crippen LogP contribution < -0.4 is 4.90 Å². The first-order valence-corrected chi connectivity index (χ1v) is 7.70. The molecule has 1 aliphatic rings. The number of aliphatic imine (C=N–C) groups is 1. The molecule has 0 aliphatic carbocycles. The number of allylic oxidation sites excluding steroid dienone is 1. The maximum atomic E-state index is 12.9. The van der Waals surface area contributed by atoms with Crippen molar-refractivity contribution in [1.82, 2.24) is 0 Å². The molecule has 2 aromatic rings. The van der Waals surface area contributed by atoms with Gasteiger partial charge in [0, 0.05) is 12.1 Å². The minimum Gasteiger partial charge on any atom is -0.303 e. The number of hydrogen-bond donors (Lipinski definition) is 0. The van der Waals surface area contributed by atoms with Crippen LogP contribution in [0.2, 0.25) is 0 Å². The summed E-state index contributed by atoms with van der Waals surface area (Å²) >= 11 is 0. The first-order chi connectivity index (χ1) is 11.9. The van der Waals surface area contributed by atoms with Crippen LogP contribution in [-0.4, -0.2) is 18.2 Å². The Morgan fingerprint density at radius 3 is 2.60 bits per heavy atom. The zero-order valence-corrected chi connectivity index (χ0v) is 13.4. The summed E-state index contributed by atoms with van der Waals surface area (Å²) in [7, 11) is 0. The van der Waals surface area contributed by atoms with E-state index in [1.54, 1.807) is 23.1 Å². The molecule has 0 saturated heterocycles. The lowest BCUT2D eigenvalue weighted by Crippen LogP contribution is -2.30. The highest BCUT2D eigenvalue weighted by Crippen LogP contribution is 2.33. The molecular weight excluding hydrogens is 329 g/mol. The summed E-state index contributed by atoms with van der Waals surface area (Å²) in [4.78, 5) is 18.5. The summed E-state index contributed by atoms with van der Waals surface area (Å²) in [5, 5.41) is 0. The monoisotopic (exact) mass is 344 g/mol. The van der Waals surface area contributed by atoms with E-state index in [0.717, 1.165) is 12.1 Å². The van der Waals surface area contributed by atoms with E-state index in [0.29, 0.717) is 17.8 Å². The van der Waals surface area contributed by atoms with Gasteiger partial charge in [0.15, 0.2) is 0 Å². The molecule has 6 heteroatoms. The maximum Gasteiger partial charge on any atom is 0.416 e. The van der Waals surface area contributed by atoms with E-state index in [1.165, 1.54) is 12.1 Å². The van der Waals surface area contributed by atoms with E-state index in [2.05, 4.69) is 4.99 Å². The minimum absolute atomic E-state index is 0.0980. The van der Waals surface area contributed by atoms with Gasteiger partial charge in [-0.25, -0.2) is 4.99 Å². The number of benzene rings is 2. The van der Waals surface area contributed by atoms with Crippen molar-refractivity contribution in [2.75, 3.05) is 11.4 Å². The SMILES string of the molecule is C/C=C/CN1C(=O)C(=Nc2cccc(C(F)(F)F)c2)c2ccccc21. The van der Waals surface area contributed by atoms with Crippen molar-refractivity contribution in [3.8, 4) is 0 Å². The Morgan fingerprint density at radius 2 is 1.88 bits per heavy atom. The molecule has 0 radical (unpaired) electrons. The normalized spacial score (nSPS) is 16.1. The van der Waals surface area contributed by atoms with Gasteiger partial charge in [0.25, 0.3) is 5.91 Å². The summed E-state index contributed by atoms with van der Waals surface area (Å²) in [5.41, 5.74) is 0.782. The number of rotatable bonds is 3. The number of carbonyl (C=O) groups excluding carboxylic acids is 1. The van der Waals surface area contributed by atoms with E-state index < -0.39 is 11.7 Å². The molecule has 0 aromatic heterocycles. The fourth-order valence-electron chi connectivity index (χ4n) is 2.64. The maximum absolute atomic E-state index is 12.9. The van der Waals surface area contributed by atoms with Gasteiger partial charge in [-0.1, -0.05) is 36.4 Å². The predicted octanol–water partition coefficient (Wildman–Crippen LogP) is 4.75. The van der Waals surface area contributed by atoms with E-state index in [4.69, 9.17) is 0 Å². The van der Waals surface area contributed by atoms with Crippen molar-refractivity contribution < 1.29 is 18.0 Å². The smallest absolute Gasteiger partial charge is 0.303 e. The van der Waals surface area contributed by atoms with E-state index >= 15 is 0 Å². The molecule has 0 saturated carbocycles. The van der Waals surface area contributed by atoms with Crippen LogP contribution in [0.5, 0.6) is 0 Å². The van der Waals surface area contributed by atoms with Gasteiger partial charge in [-0.05, 0) is 31.2 Å². The fourth-order valence-corrected chi connectivity index (χ4v) is 2.64. The van der Waals surface area contributed by atoms with Crippen LogP contribution in [0.15, 0.2) is 65.7 Å². The molecule has 0 fully saturated rings. The Labute approximate surface area is 143 Å². The van der Waals surface area contributed by atoms with Crippen LogP contribution in [0.1, 0.15) is 18.1 Å². The number of para-hydroxylation sites is 1. The molecule has 1 aliphatic heterocycles. The highest BCUT2D eigenvalue weighted by atomic mass is 19.4. The Bertz CT molecular complexity index is 869. The van der Waals surface area contributed by atoms with Crippen LogP contribution in [0.3, 0.4) is 0 Å². The van der Waals surface area contributed by atoms with Gasteiger partial charge in [-0.3, -0.25) is 4.79 Å². The average Bonchev–Trinajstić information content (AvgIpc) is 2.85. The largest absolute Gasteiger partial charge is 0.416 e. The number of fused-ring (bicyclic) bond motifs is 1. The molecule has 0 unspecified atom stereocenters. The van der Waals surface area contributed by atoms with E-state index in [1.807, 2.05) is 25.1 Å². The number of anilines is 1. The fraction of sp³-hybridized carbons (Fsp3) is 0.158. The molecule has 3 rings (SSSR count). The Kier molecular flexibility index (Phi) is 4.44. The van der Waals surface area contributed by atoms with Crippen molar-refractivity contribution in [2.24, 2.45) is 4.99 Å². The molecular formula is C19H15F3N2O. The van der Waals surface area contributed by atoms with Gasteiger partial charge in [0.2, 0.25) is 0 Å². The third-order valence-corrected chi connectivity index (χ3v) is 3.84. The molecule has 0 spiro atoms. The van der Waals surface area contributed by atoms with Crippen LogP contribution >= 0.6 is 0 Å². The third kappa shape index (κ3) is 3.33. The van der Waals surface area contributed by atoms with Crippen molar-refractivity contribution in [2.45, 2.75) is 13.1 Å². The average molecular weight is 344 g/mol. The molecule has 2 aromatic carbocycles. The summed E-state index contributed by atoms with van der Waals surface area (Å²) < 4.78 is 38.6. The van der Waals surface area contributed by atoms with Crippen molar-refractivity contribution in [1.29, 1.82) is 0 Å². The quantitative estimate of drug-likeness (QED) is 0.740. The number of hydrogen-bond acceptors (Lipinski definition) is 2. The third-order valence-electron chi connectivity index (χ3n) is 3.84. The zero-order chi connectivity index (χ0) is 18.0. The molecule has 0 bridgehead atoms. The minimum atomic E-state index is -4.45. The number of amides is 1. The highest BCUT2D eigenvalue weighted by Gasteiger charge is 2.33. The molecule has 1 heterocycles. The molecule has 0 N–H and O–H groups in total. The van der Waals surface area contributed by atoms with Gasteiger partial charge in [-0.15, -0.1) is 0 Å². The van der Waals surface area contributed by atoms with Crippen LogP contribution in [-0.2, 0) is 11.0 Å². The summed E-state index contributed by atoms with van der Waals surface area (Å²) in [5.74, 6) is -0.322. The molecule has 0 atom stereocenters. The van der Waals surface area contributed by atoms with Gasteiger partial charge < -0.3 is 4.90 Å². The van der Waals surface area contributed by atoms with Crippen LogP contribution in [0, 0.1) is 0 Å². The Hall–Kier alpha value is -2.89. The predicted molar refractivity (Wildman–Crippen MR) is 91.3 cm³/mol. The van der Waals surface area contributed by atoms with Crippen molar-refractivity contribution >= 4 is 23.0 Å². The van der Waals surface area contributed by atoms with E-state index in [-0.39, 0.29) is 17.3 Å². The second-order valence-electron chi connectivity index (χ2n) is 5.51. The zero-order valence-electron chi connectivity index (χ0n) is 13.4. The molecule has 3 nitrogen and oxygen atoms in total. The molecule has 25 heavy (non-hydrogen) atoms. The van der Waals surface area contributed by atoms with Crippen molar-refractivity contribution in [3.63, 3.8) is 0 Å². The lowest BCUT2D eigenvalue weighted by atomic mass is 10.1. The lowest BCUT2D eigenvalue weighted by Gasteiger charge is -2.13. The van der Waals surface area contributed by atoms with Crippen molar-refractivity contribution in [3.05, 3.63) is 71.8 Å². The molecule has 1 amide bonds. The summed E-state index contributed by atoms with van der Waals surface area (Å²) in [6, 6.07) is 11.8. The lowest BCUT2D eigenvalue weighted by molar-refractivity contribution is -0.137. The van der Waals surface area contributed by atoms with Gasteiger partial charge in [0.05, 0.1) is 16.9 Å². The highest BCUT2D eigenvalue weighted by molar-refractivity contribution is 6.54. The number of carbonyl (C=O) groups is 1. The van der Waals surface area contributed by atoms with Gasteiger partial charge in [0.1, 0.15) is 5.71 Å². The van der Waals surface area contributed by atoms with Gasteiger partial charge >= 0.3 is 6.18 Å². The number of halogens is 3. The van der Waals surface area contributed by atoms with Crippen LogP contribution in [0.4, 0.5) is 24.5 Å². The Balaban J connectivity index is 2.05. The summed E-state index contributed by atoms with van der Waals surface area (Å²) in [6.45, 7) is 2.23. The van der Waals surface area contributed by atoms with Crippen LogP contribution in [0.25, 0.3) is 0 Å². The summed E-state index contributed by atoms with van der Waals surface area (Å²) in [6.07, 6.45) is -0.786. The number of alkyl halides is 3. The first-order valence-electron chi connectivity index (χ1n) is 7.70. The molecule has 128 valence electrons. The standard InChI is InChI=1S/C19H15F3N2O/c1-2-3-11-24-16-10-5-4-9-15(16)17(18(24)25)23-14-8-6-7-13(12-14)19(20,21)22/h2-10,12H,11H2,1H3/b3-2+,23-17?. The topological polar surface area (TPSA) is 32.7 Å². The van der Waals surface area contributed by atoms with E-state index in [9.17, 15) is 18.0 Å². The second kappa shape index (κ2) is 6.55. The van der Waals surface area contributed by atoms with Gasteiger partial charge in [-0.2, -0.15) is 13.2 Å².